The Morgan fingerprint density at radius 2 is 2.28 bits per heavy atom. The van der Waals surface area contributed by atoms with Crippen molar-refractivity contribution in [2.75, 3.05) is 5.73 Å². The van der Waals surface area contributed by atoms with Gasteiger partial charge in [0.15, 0.2) is 0 Å². The number of carboxylic acids is 1. The van der Waals surface area contributed by atoms with Gasteiger partial charge >= 0.3 is 5.97 Å². The molecular formula is C10H6N4O3S. The summed E-state index contributed by atoms with van der Waals surface area (Å²) in [7, 11) is 0. The summed E-state index contributed by atoms with van der Waals surface area (Å²) in [5.41, 5.74) is 5.77. The Kier molecular flexibility index (Phi) is 2.23. The SMILES string of the molecule is Nc1nc(-c2ncco2)nc2sc(C(=O)O)cc12. The Bertz CT molecular complexity index is 735. The maximum atomic E-state index is 10.9. The van der Waals surface area contributed by atoms with Crippen LogP contribution in [-0.4, -0.2) is 26.0 Å². The summed E-state index contributed by atoms with van der Waals surface area (Å²) in [6, 6.07) is 1.46. The quantitative estimate of drug-likeness (QED) is 0.720. The van der Waals surface area contributed by atoms with Crippen LogP contribution < -0.4 is 5.73 Å². The van der Waals surface area contributed by atoms with E-state index in [2.05, 4.69) is 15.0 Å². The zero-order chi connectivity index (χ0) is 12.7. The second kappa shape index (κ2) is 3.77. The number of nitrogens with zero attached hydrogens (tertiary/aromatic N) is 3. The number of nitrogens with two attached hydrogens (primary N) is 1. The average Bonchev–Trinajstić information content (AvgIpc) is 2.97. The van der Waals surface area contributed by atoms with Crippen molar-refractivity contribution >= 4 is 33.3 Å². The van der Waals surface area contributed by atoms with Crippen molar-refractivity contribution in [1.29, 1.82) is 0 Å². The summed E-state index contributed by atoms with van der Waals surface area (Å²) < 4.78 is 5.07. The maximum absolute atomic E-state index is 10.9. The van der Waals surface area contributed by atoms with Crippen LogP contribution in [0.2, 0.25) is 0 Å². The largest absolute Gasteiger partial charge is 0.477 e. The number of hydrogen-bond acceptors (Lipinski definition) is 7. The van der Waals surface area contributed by atoms with Crippen LogP contribution in [0.1, 0.15) is 9.67 Å². The topological polar surface area (TPSA) is 115 Å². The predicted molar refractivity (Wildman–Crippen MR) is 64.3 cm³/mol. The average molecular weight is 262 g/mol. The summed E-state index contributed by atoms with van der Waals surface area (Å²) in [5.74, 6) is -0.329. The van der Waals surface area contributed by atoms with E-state index in [4.69, 9.17) is 15.3 Å². The number of aromatic carboxylic acids is 1. The molecule has 0 radical (unpaired) electrons. The molecule has 3 N–H and O–H groups in total. The lowest BCUT2D eigenvalue weighted by molar-refractivity contribution is 0.0702. The third kappa shape index (κ3) is 1.59. The van der Waals surface area contributed by atoms with Crippen LogP contribution in [0, 0.1) is 0 Å². The van der Waals surface area contributed by atoms with Gasteiger partial charge in [0.25, 0.3) is 5.89 Å². The molecule has 0 atom stereocenters. The first kappa shape index (κ1) is 10.7. The van der Waals surface area contributed by atoms with Crippen molar-refractivity contribution < 1.29 is 14.3 Å². The molecule has 90 valence electrons. The Morgan fingerprint density at radius 1 is 1.44 bits per heavy atom. The van der Waals surface area contributed by atoms with Crippen LogP contribution >= 0.6 is 11.3 Å². The van der Waals surface area contributed by atoms with Crippen LogP contribution in [0.4, 0.5) is 5.82 Å². The number of thiophene rings is 1. The maximum Gasteiger partial charge on any atom is 0.345 e. The molecular weight excluding hydrogens is 256 g/mol. The number of rotatable bonds is 2. The first-order valence-corrected chi connectivity index (χ1v) is 5.67. The first-order chi connectivity index (χ1) is 8.65. The summed E-state index contributed by atoms with van der Waals surface area (Å²) in [4.78, 5) is 23.7. The van der Waals surface area contributed by atoms with Gasteiger partial charge in [0, 0.05) is 0 Å². The summed E-state index contributed by atoms with van der Waals surface area (Å²) >= 11 is 1.03. The van der Waals surface area contributed by atoms with Gasteiger partial charge in [0.1, 0.15) is 21.8 Å². The summed E-state index contributed by atoms with van der Waals surface area (Å²) in [6.45, 7) is 0. The van der Waals surface area contributed by atoms with E-state index >= 15 is 0 Å². The molecule has 0 saturated carbocycles. The second-order valence-corrected chi connectivity index (χ2v) is 4.43. The molecule has 0 amide bonds. The van der Waals surface area contributed by atoms with Crippen LogP contribution in [-0.2, 0) is 0 Å². The van der Waals surface area contributed by atoms with Crippen molar-refractivity contribution in [2.24, 2.45) is 0 Å². The Balaban J connectivity index is 2.24. The number of fused-ring (bicyclic) bond motifs is 1. The van der Waals surface area contributed by atoms with Gasteiger partial charge in [0.05, 0.1) is 11.6 Å². The molecule has 0 unspecified atom stereocenters. The van der Waals surface area contributed by atoms with Gasteiger partial charge in [-0.2, -0.15) is 0 Å². The van der Waals surface area contributed by atoms with Gasteiger partial charge in [-0.1, -0.05) is 0 Å². The molecule has 0 fully saturated rings. The monoisotopic (exact) mass is 262 g/mol. The fourth-order valence-corrected chi connectivity index (χ4v) is 2.36. The molecule has 0 spiro atoms. The lowest BCUT2D eigenvalue weighted by Crippen LogP contribution is -1.96. The highest BCUT2D eigenvalue weighted by Gasteiger charge is 2.15. The molecule has 0 bridgehead atoms. The molecule has 3 heterocycles. The third-order valence-corrected chi connectivity index (χ3v) is 3.27. The zero-order valence-electron chi connectivity index (χ0n) is 8.82. The van der Waals surface area contributed by atoms with Crippen LogP contribution in [0.25, 0.3) is 21.9 Å². The minimum Gasteiger partial charge on any atom is -0.477 e. The minimum absolute atomic E-state index is 0.163. The van der Waals surface area contributed by atoms with E-state index in [0.29, 0.717) is 10.2 Å². The highest BCUT2D eigenvalue weighted by Crippen LogP contribution is 2.29. The van der Waals surface area contributed by atoms with Crippen molar-refractivity contribution in [3.8, 4) is 11.7 Å². The molecule has 3 aromatic heterocycles. The summed E-state index contributed by atoms with van der Waals surface area (Å²) in [5, 5.41) is 9.44. The van der Waals surface area contributed by atoms with E-state index in [1.807, 2.05) is 0 Å². The Labute approximate surface area is 104 Å². The van der Waals surface area contributed by atoms with Gasteiger partial charge in [0.2, 0.25) is 5.82 Å². The normalized spacial score (nSPS) is 10.9. The molecule has 3 aromatic rings. The van der Waals surface area contributed by atoms with Crippen molar-refractivity contribution in [2.45, 2.75) is 0 Å². The number of aromatic nitrogens is 3. The molecule has 0 aliphatic carbocycles. The van der Waals surface area contributed by atoms with E-state index in [0.717, 1.165) is 11.3 Å². The fraction of sp³-hybridized carbons (Fsp3) is 0. The zero-order valence-corrected chi connectivity index (χ0v) is 9.64. The number of oxazole rings is 1. The van der Waals surface area contributed by atoms with Crippen molar-refractivity contribution in [3.05, 3.63) is 23.4 Å². The second-order valence-electron chi connectivity index (χ2n) is 3.40. The molecule has 0 aromatic carbocycles. The lowest BCUT2D eigenvalue weighted by Gasteiger charge is -1.97. The number of anilines is 1. The molecule has 0 saturated heterocycles. The predicted octanol–water partition coefficient (Wildman–Crippen LogP) is 1.63. The number of nitrogen functional groups attached to an aromatic ring is 1. The highest BCUT2D eigenvalue weighted by atomic mass is 32.1. The Hall–Kier alpha value is -2.48. The third-order valence-electron chi connectivity index (χ3n) is 2.26. The minimum atomic E-state index is -1.02. The number of hydrogen-bond donors (Lipinski definition) is 2. The molecule has 0 aliphatic heterocycles. The number of carboxylic acid groups (broad SMARTS) is 1. The lowest BCUT2D eigenvalue weighted by atomic mass is 10.3. The van der Waals surface area contributed by atoms with E-state index in [1.54, 1.807) is 0 Å². The molecule has 7 nitrogen and oxygen atoms in total. The van der Waals surface area contributed by atoms with E-state index in [-0.39, 0.29) is 22.4 Å². The van der Waals surface area contributed by atoms with E-state index < -0.39 is 5.97 Å². The van der Waals surface area contributed by atoms with Gasteiger partial charge in [-0.3, -0.25) is 0 Å². The van der Waals surface area contributed by atoms with Gasteiger partial charge in [-0.15, -0.1) is 11.3 Å². The molecule has 8 heteroatoms. The van der Waals surface area contributed by atoms with Crippen molar-refractivity contribution in [3.63, 3.8) is 0 Å². The van der Waals surface area contributed by atoms with Gasteiger partial charge < -0.3 is 15.3 Å². The van der Waals surface area contributed by atoms with Crippen molar-refractivity contribution in [1.82, 2.24) is 15.0 Å². The fourth-order valence-electron chi connectivity index (χ4n) is 1.48. The van der Waals surface area contributed by atoms with Crippen LogP contribution in [0.15, 0.2) is 22.9 Å². The summed E-state index contributed by atoms with van der Waals surface area (Å²) in [6.07, 6.45) is 2.87. The number of carbonyl (C=O) groups is 1. The van der Waals surface area contributed by atoms with Crippen LogP contribution in [0.5, 0.6) is 0 Å². The molecule has 0 aliphatic rings. The van der Waals surface area contributed by atoms with Crippen LogP contribution in [0.3, 0.4) is 0 Å². The first-order valence-electron chi connectivity index (χ1n) is 4.85. The Morgan fingerprint density at radius 3 is 2.94 bits per heavy atom. The van der Waals surface area contributed by atoms with Gasteiger partial charge in [-0.05, 0) is 6.07 Å². The van der Waals surface area contributed by atoms with E-state index in [1.165, 1.54) is 18.5 Å². The standard InChI is InChI=1S/C10H6N4O3S/c11-6-4-3-5(10(15)16)18-9(4)14-7(13-6)8-12-1-2-17-8/h1-3H,(H,15,16)(H2,11,13,14). The molecule has 3 rings (SSSR count). The van der Waals surface area contributed by atoms with E-state index in [9.17, 15) is 4.79 Å². The van der Waals surface area contributed by atoms with Gasteiger partial charge in [-0.25, -0.2) is 19.7 Å². The highest BCUT2D eigenvalue weighted by molar-refractivity contribution is 7.20. The molecule has 18 heavy (non-hydrogen) atoms. The smallest absolute Gasteiger partial charge is 0.345 e.